The van der Waals surface area contributed by atoms with Gasteiger partial charge in [-0.15, -0.1) is 11.3 Å². The lowest BCUT2D eigenvalue weighted by atomic mass is 10.0. The van der Waals surface area contributed by atoms with E-state index in [4.69, 9.17) is 4.74 Å². The van der Waals surface area contributed by atoms with Gasteiger partial charge in [-0.2, -0.15) is 0 Å². The number of fused-ring (bicyclic) bond motifs is 1. The minimum Gasteiger partial charge on any atom is -0.496 e. The average molecular weight is 358 g/mol. The van der Waals surface area contributed by atoms with Gasteiger partial charge in [-0.3, -0.25) is 19.1 Å². The van der Waals surface area contributed by atoms with E-state index in [0.717, 1.165) is 27.0 Å². The number of aryl methyl sites for hydroxylation is 1. The molecule has 0 spiro atoms. The van der Waals surface area contributed by atoms with E-state index in [0.29, 0.717) is 10.2 Å². The van der Waals surface area contributed by atoms with Crippen LogP contribution in [0.25, 0.3) is 21.3 Å². The van der Waals surface area contributed by atoms with E-state index in [-0.39, 0.29) is 24.3 Å². The normalized spacial score (nSPS) is 11.0. The fraction of sp³-hybridized carbons (Fsp3) is 0.278. The standard InChI is InChI=1S/C18H18N2O4S/c1-10-8-12(4-5-14(10)24-3)13-9-25-16-15(13)17(22)20(18(23)19-16)7-6-11(2)21/h4-5,8-9H,6-7H2,1-3H3,(H,19,23). The summed E-state index contributed by atoms with van der Waals surface area (Å²) in [6.07, 6.45) is 0.148. The molecule has 0 unspecified atom stereocenters. The van der Waals surface area contributed by atoms with Crippen LogP contribution in [-0.4, -0.2) is 22.4 Å². The zero-order valence-corrected chi connectivity index (χ0v) is 15.0. The Bertz CT molecular complexity index is 1070. The Labute approximate surface area is 147 Å². The molecule has 1 N–H and O–H groups in total. The number of Topliss-reactive ketones (excluding diaryl/α,β-unsaturated/α-hetero) is 1. The molecule has 25 heavy (non-hydrogen) atoms. The summed E-state index contributed by atoms with van der Waals surface area (Å²) >= 11 is 1.32. The van der Waals surface area contributed by atoms with Crippen molar-refractivity contribution in [2.75, 3.05) is 7.11 Å². The van der Waals surface area contributed by atoms with E-state index in [9.17, 15) is 14.4 Å². The molecule has 0 atom stereocenters. The summed E-state index contributed by atoms with van der Waals surface area (Å²) in [6.45, 7) is 3.45. The molecule has 0 aliphatic rings. The Hall–Kier alpha value is -2.67. The van der Waals surface area contributed by atoms with Crippen LogP contribution in [0.15, 0.2) is 33.2 Å². The highest BCUT2D eigenvalue weighted by molar-refractivity contribution is 7.17. The maximum Gasteiger partial charge on any atom is 0.329 e. The lowest BCUT2D eigenvalue weighted by molar-refractivity contribution is -0.117. The second-order valence-corrected chi connectivity index (χ2v) is 6.76. The number of carbonyl (C=O) groups excluding carboxylic acids is 1. The number of nitrogens with zero attached hydrogens (tertiary/aromatic N) is 1. The molecular weight excluding hydrogens is 340 g/mol. The second kappa shape index (κ2) is 6.68. The molecule has 0 fully saturated rings. The van der Waals surface area contributed by atoms with Gasteiger partial charge in [-0.05, 0) is 37.1 Å². The first-order valence-electron chi connectivity index (χ1n) is 7.81. The Morgan fingerprint density at radius 2 is 2.08 bits per heavy atom. The summed E-state index contributed by atoms with van der Waals surface area (Å²) in [5.41, 5.74) is 1.75. The number of carbonyl (C=O) groups is 1. The van der Waals surface area contributed by atoms with Crippen LogP contribution in [0.3, 0.4) is 0 Å². The Kier molecular flexibility index (Phi) is 4.59. The van der Waals surface area contributed by atoms with Crippen LogP contribution in [0, 0.1) is 6.92 Å². The molecule has 0 amide bonds. The van der Waals surface area contributed by atoms with Crippen LogP contribution in [0.1, 0.15) is 18.9 Å². The van der Waals surface area contributed by atoms with Crippen molar-refractivity contribution >= 4 is 27.3 Å². The van der Waals surface area contributed by atoms with Crippen LogP contribution >= 0.6 is 11.3 Å². The third-order valence-electron chi connectivity index (χ3n) is 4.11. The SMILES string of the molecule is COc1ccc(-c2csc3[nH]c(=O)n(CCC(C)=O)c(=O)c23)cc1C. The summed E-state index contributed by atoms with van der Waals surface area (Å²) in [4.78, 5) is 39.5. The van der Waals surface area contributed by atoms with Crippen molar-refractivity contribution in [2.45, 2.75) is 26.8 Å². The zero-order valence-electron chi connectivity index (χ0n) is 14.2. The van der Waals surface area contributed by atoms with Gasteiger partial charge in [0.1, 0.15) is 16.4 Å². The molecule has 130 valence electrons. The van der Waals surface area contributed by atoms with Gasteiger partial charge in [0.2, 0.25) is 0 Å². The molecule has 0 aliphatic carbocycles. The van der Waals surface area contributed by atoms with Gasteiger partial charge >= 0.3 is 5.69 Å². The van der Waals surface area contributed by atoms with Gasteiger partial charge in [0, 0.05) is 23.9 Å². The number of hydrogen-bond acceptors (Lipinski definition) is 5. The van der Waals surface area contributed by atoms with Crippen LogP contribution in [-0.2, 0) is 11.3 Å². The number of ether oxygens (including phenoxy) is 1. The molecule has 0 saturated heterocycles. The van der Waals surface area contributed by atoms with Gasteiger partial charge in [0.05, 0.1) is 12.5 Å². The van der Waals surface area contributed by atoms with E-state index in [1.54, 1.807) is 7.11 Å². The first-order chi connectivity index (χ1) is 11.9. The molecule has 1 aromatic carbocycles. The van der Waals surface area contributed by atoms with Gasteiger partial charge in [0.15, 0.2) is 0 Å². The molecule has 2 aromatic heterocycles. The maximum absolute atomic E-state index is 12.8. The molecule has 3 aromatic rings. The Morgan fingerprint density at radius 1 is 1.32 bits per heavy atom. The smallest absolute Gasteiger partial charge is 0.329 e. The van der Waals surface area contributed by atoms with Crippen LogP contribution < -0.4 is 16.0 Å². The number of methoxy groups -OCH3 is 1. The van der Waals surface area contributed by atoms with E-state index >= 15 is 0 Å². The summed E-state index contributed by atoms with van der Waals surface area (Å²) in [5.74, 6) is 0.707. The largest absolute Gasteiger partial charge is 0.496 e. The molecule has 2 heterocycles. The number of nitrogens with one attached hydrogen (secondary N) is 1. The lowest BCUT2D eigenvalue weighted by Gasteiger charge is -2.08. The number of hydrogen-bond donors (Lipinski definition) is 1. The quantitative estimate of drug-likeness (QED) is 0.760. The summed E-state index contributed by atoms with van der Waals surface area (Å²) < 4.78 is 6.37. The fourth-order valence-electron chi connectivity index (χ4n) is 2.78. The van der Waals surface area contributed by atoms with Crippen molar-refractivity contribution in [3.63, 3.8) is 0 Å². The lowest BCUT2D eigenvalue weighted by Crippen LogP contribution is -2.35. The molecular formula is C18H18N2O4S. The van der Waals surface area contributed by atoms with Crippen LogP contribution in [0.2, 0.25) is 0 Å². The molecule has 0 saturated carbocycles. The molecule has 0 bridgehead atoms. The van der Waals surface area contributed by atoms with Crippen molar-refractivity contribution in [2.24, 2.45) is 0 Å². The molecule has 3 rings (SSSR count). The summed E-state index contributed by atoms with van der Waals surface area (Å²) in [6, 6.07) is 5.69. The van der Waals surface area contributed by atoms with Gasteiger partial charge < -0.3 is 4.74 Å². The maximum atomic E-state index is 12.8. The number of aromatic nitrogens is 2. The third kappa shape index (κ3) is 3.15. The van der Waals surface area contributed by atoms with Crippen LogP contribution in [0.4, 0.5) is 0 Å². The highest BCUT2D eigenvalue weighted by atomic mass is 32.1. The number of rotatable bonds is 5. The van der Waals surface area contributed by atoms with Crippen molar-refractivity contribution in [1.29, 1.82) is 0 Å². The monoisotopic (exact) mass is 358 g/mol. The minimum atomic E-state index is -0.488. The summed E-state index contributed by atoms with van der Waals surface area (Å²) in [7, 11) is 1.61. The minimum absolute atomic E-state index is 0.0669. The molecule has 0 aliphatic heterocycles. The number of H-pyrrole nitrogens is 1. The molecule has 6 nitrogen and oxygen atoms in total. The molecule has 7 heteroatoms. The topological polar surface area (TPSA) is 81.2 Å². The number of benzene rings is 1. The van der Waals surface area contributed by atoms with Crippen molar-refractivity contribution < 1.29 is 9.53 Å². The van der Waals surface area contributed by atoms with Crippen molar-refractivity contribution in [3.05, 3.63) is 50.0 Å². The van der Waals surface area contributed by atoms with Crippen LogP contribution in [0.5, 0.6) is 5.75 Å². The first-order valence-corrected chi connectivity index (χ1v) is 8.69. The van der Waals surface area contributed by atoms with E-state index in [1.165, 1.54) is 18.3 Å². The van der Waals surface area contributed by atoms with E-state index < -0.39 is 5.69 Å². The number of thiophene rings is 1. The van der Waals surface area contributed by atoms with E-state index in [2.05, 4.69) is 4.98 Å². The first kappa shape index (κ1) is 17.2. The zero-order chi connectivity index (χ0) is 18.1. The van der Waals surface area contributed by atoms with Gasteiger partial charge in [-0.1, -0.05) is 6.07 Å². The van der Waals surface area contributed by atoms with Crippen molar-refractivity contribution in [1.82, 2.24) is 9.55 Å². The highest BCUT2D eigenvalue weighted by Gasteiger charge is 2.16. The average Bonchev–Trinajstić information content (AvgIpc) is 2.98. The van der Waals surface area contributed by atoms with Crippen molar-refractivity contribution in [3.8, 4) is 16.9 Å². The Morgan fingerprint density at radius 3 is 2.72 bits per heavy atom. The predicted molar refractivity (Wildman–Crippen MR) is 98.7 cm³/mol. The highest BCUT2D eigenvalue weighted by Crippen LogP contribution is 2.32. The Balaban J connectivity index is 2.19. The van der Waals surface area contributed by atoms with Gasteiger partial charge in [0.25, 0.3) is 5.56 Å². The number of ketones is 1. The second-order valence-electron chi connectivity index (χ2n) is 5.88. The predicted octanol–water partition coefficient (Wildman–Crippen LogP) is 2.71. The van der Waals surface area contributed by atoms with E-state index in [1.807, 2.05) is 30.5 Å². The summed E-state index contributed by atoms with van der Waals surface area (Å²) in [5, 5.41) is 2.33. The van der Waals surface area contributed by atoms with Gasteiger partial charge in [-0.25, -0.2) is 4.79 Å². The number of aromatic amines is 1. The fourth-order valence-corrected chi connectivity index (χ4v) is 3.74. The molecule has 0 radical (unpaired) electrons. The third-order valence-corrected chi connectivity index (χ3v) is 5.00.